The Kier molecular flexibility index (Phi) is 4.69. The monoisotopic (exact) mass is 330 g/mol. The van der Waals surface area contributed by atoms with Crippen LogP contribution in [0.25, 0.3) is 11.4 Å². The van der Waals surface area contributed by atoms with Gasteiger partial charge in [-0.25, -0.2) is 0 Å². The summed E-state index contributed by atoms with van der Waals surface area (Å²) < 4.78 is 0. The number of hydrogen-bond acceptors (Lipinski definition) is 2. The fourth-order valence-corrected chi connectivity index (χ4v) is 1.46. The maximum absolute atomic E-state index is 5.99. The Morgan fingerprint density at radius 2 is 1.73 bits per heavy atom. The van der Waals surface area contributed by atoms with Gasteiger partial charge in [0, 0.05) is 32.8 Å². The van der Waals surface area contributed by atoms with Crippen molar-refractivity contribution < 1.29 is 20.4 Å². The van der Waals surface area contributed by atoms with Gasteiger partial charge in [0.2, 0.25) is 0 Å². The van der Waals surface area contributed by atoms with Gasteiger partial charge in [-0.15, -0.1) is 0 Å². The molecule has 0 atom stereocenters. The van der Waals surface area contributed by atoms with Gasteiger partial charge in [-0.2, -0.15) is 0 Å². The molecule has 0 N–H and O–H groups in total. The fourth-order valence-electron chi connectivity index (χ4n) is 1.10. The van der Waals surface area contributed by atoms with Crippen LogP contribution in [0.4, 0.5) is 0 Å². The number of halogens is 2. The predicted octanol–water partition coefficient (Wildman–Crippen LogP) is 3.45. The Balaban J connectivity index is 0.00000112. The normalized spacial score (nSPS) is 9.47. The molecule has 0 saturated heterocycles. The molecule has 2 nitrogen and oxygen atoms in total. The molecule has 0 aliphatic rings. The van der Waals surface area contributed by atoms with E-state index in [2.05, 4.69) is 9.97 Å². The Morgan fingerprint density at radius 1 is 0.933 bits per heavy atom. The largest absolute Gasteiger partial charge is 0.255 e. The van der Waals surface area contributed by atoms with Crippen LogP contribution in [0.15, 0.2) is 36.7 Å². The topological polar surface area (TPSA) is 25.8 Å². The molecule has 0 saturated carbocycles. The van der Waals surface area contributed by atoms with Crippen molar-refractivity contribution in [1.82, 2.24) is 9.97 Å². The first-order valence-corrected chi connectivity index (χ1v) is 4.76. The van der Waals surface area contributed by atoms with Crippen molar-refractivity contribution in [2.24, 2.45) is 0 Å². The van der Waals surface area contributed by atoms with Crippen LogP contribution in [0.2, 0.25) is 10.0 Å². The smallest absolute Gasteiger partial charge is 0.109 e. The average Bonchev–Trinajstić information content (AvgIpc) is 2.23. The molecule has 2 heterocycles. The van der Waals surface area contributed by atoms with Crippen molar-refractivity contribution in [1.29, 1.82) is 0 Å². The van der Waals surface area contributed by atoms with Crippen LogP contribution in [0.3, 0.4) is 0 Å². The molecule has 0 bridgehead atoms. The molecule has 0 aromatic carbocycles. The first kappa shape index (κ1) is 12.6. The molecule has 0 aliphatic heterocycles. The second-order valence-electron chi connectivity index (χ2n) is 2.67. The quantitative estimate of drug-likeness (QED) is 0.748. The molecular formula is C10H6Cl2N2Pd. The van der Waals surface area contributed by atoms with Gasteiger partial charge in [-0.05, 0) is 18.2 Å². The molecule has 2 aromatic rings. The zero-order chi connectivity index (χ0) is 9.97. The van der Waals surface area contributed by atoms with Crippen LogP contribution in [0.1, 0.15) is 0 Å². The van der Waals surface area contributed by atoms with E-state index in [1.165, 1.54) is 0 Å². The average molecular weight is 331 g/mol. The third-order valence-corrected chi connectivity index (χ3v) is 2.54. The third-order valence-electron chi connectivity index (χ3n) is 1.75. The summed E-state index contributed by atoms with van der Waals surface area (Å²) >= 11 is 11.9. The molecule has 2 aromatic heterocycles. The van der Waals surface area contributed by atoms with Gasteiger partial charge in [0.1, 0.15) is 5.69 Å². The second-order valence-corrected chi connectivity index (χ2v) is 3.46. The number of hydrogen-bond donors (Lipinski definition) is 0. The third kappa shape index (κ3) is 2.77. The number of rotatable bonds is 1. The van der Waals surface area contributed by atoms with Crippen LogP contribution in [-0.2, 0) is 20.4 Å². The number of pyridine rings is 2. The van der Waals surface area contributed by atoms with Crippen molar-refractivity contribution in [3.05, 3.63) is 46.7 Å². The van der Waals surface area contributed by atoms with Crippen LogP contribution in [0, 0.1) is 0 Å². The molecule has 15 heavy (non-hydrogen) atoms. The second kappa shape index (κ2) is 5.58. The predicted molar refractivity (Wildman–Crippen MR) is 57.5 cm³/mol. The Morgan fingerprint density at radius 3 is 2.40 bits per heavy atom. The summed E-state index contributed by atoms with van der Waals surface area (Å²) in [6, 6.07) is 7.20. The summed E-state index contributed by atoms with van der Waals surface area (Å²) in [7, 11) is 0. The van der Waals surface area contributed by atoms with E-state index in [9.17, 15) is 0 Å². The van der Waals surface area contributed by atoms with Gasteiger partial charge in [0.05, 0.1) is 15.7 Å². The van der Waals surface area contributed by atoms with Crippen LogP contribution in [-0.4, -0.2) is 9.97 Å². The van der Waals surface area contributed by atoms with E-state index in [0.717, 1.165) is 5.69 Å². The Bertz CT molecular complexity index is 448. The Hall–Kier alpha value is -0.458. The van der Waals surface area contributed by atoms with E-state index in [0.29, 0.717) is 15.7 Å². The summed E-state index contributed by atoms with van der Waals surface area (Å²) in [6.45, 7) is 0. The van der Waals surface area contributed by atoms with Gasteiger partial charge >= 0.3 is 0 Å². The minimum atomic E-state index is 0. The standard InChI is InChI=1S/C10H6Cl2N2.Pd/c11-7-4-6-14-10(9(7)12)8-3-1-2-5-13-8;/h1-6H;. The maximum Gasteiger partial charge on any atom is 0.109 e. The van der Waals surface area contributed by atoms with Gasteiger partial charge in [0.15, 0.2) is 0 Å². The summed E-state index contributed by atoms with van der Waals surface area (Å²) in [5.74, 6) is 0. The molecule has 0 fully saturated rings. The zero-order valence-electron chi connectivity index (χ0n) is 7.43. The minimum absolute atomic E-state index is 0. The number of aromatic nitrogens is 2. The molecular weight excluding hydrogens is 325 g/mol. The van der Waals surface area contributed by atoms with Crippen molar-refractivity contribution in [2.75, 3.05) is 0 Å². The Labute approximate surface area is 111 Å². The SMILES string of the molecule is Clc1ccnc(-c2ccccn2)c1Cl.[Pd]. The fraction of sp³-hybridized carbons (Fsp3) is 0. The van der Waals surface area contributed by atoms with E-state index < -0.39 is 0 Å². The first-order chi connectivity index (χ1) is 6.79. The molecule has 0 radical (unpaired) electrons. The summed E-state index contributed by atoms with van der Waals surface area (Å²) in [4.78, 5) is 8.28. The van der Waals surface area contributed by atoms with E-state index >= 15 is 0 Å². The van der Waals surface area contributed by atoms with Gasteiger partial charge in [-0.3, -0.25) is 9.97 Å². The zero-order valence-corrected chi connectivity index (χ0v) is 10.5. The van der Waals surface area contributed by atoms with Gasteiger partial charge < -0.3 is 0 Å². The summed E-state index contributed by atoms with van der Waals surface area (Å²) in [6.07, 6.45) is 3.30. The van der Waals surface area contributed by atoms with E-state index in [1.807, 2.05) is 18.2 Å². The molecule has 2 rings (SSSR count). The first-order valence-electron chi connectivity index (χ1n) is 4.00. The van der Waals surface area contributed by atoms with Gasteiger partial charge in [-0.1, -0.05) is 29.3 Å². The number of nitrogens with zero attached hydrogens (tertiary/aromatic N) is 2. The van der Waals surface area contributed by atoms with Crippen molar-refractivity contribution >= 4 is 23.2 Å². The maximum atomic E-state index is 5.99. The van der Waals surface area contributed by atoms with Crippen LogP contribution < -0.4 is 0 Å². The van der Waals surface area contributed by atoms with Crippen LogP contribution >= 0.6 is 23.2 Å². The van der Waals surface area contributed by atoms with Crippen molar-refractivity contribution in [3.8, 4) is 11.4 Å². The molecule has 0 unspecified atom stereocenters. The summed E-state index contributed by atoms with van der Waals surface area (Å²) in [5, 5.41) is 0.926. The minimum Gasteiger partial charge on any atom is -0.255 e. The molecule has 5 heteroatoms. The van der Waals surface area contributed by atoms with E-state index in [1.54, 1.807) is 18.5 Å². The van der Waals surface area contributed by atoms with Gasteiger partial charge in [0.25, 0.3) is 0 Å². The van der Waals surface area contributed by atoms with Crippen LogP contribution in [0.5, 0.6) is 0 Å². The molecule has 0 amide bonds. The molecule has 80 valence electrons. The van der Waals surface area contributed by atoms with Crippen molar-refractivity contribution in [3.63, 3.8) is 0 Å². The molecule has 0 aliphatic carbocycles. The van der Waals surface area contributed by atoms with Crippen molar-refractivity contribution in [2.45, 2.75) is 0 Å². The molecule has 0 spiro atoms. The summed E-state index contributed by atoms with van der Waals surface area (Å²) in [5.41, 5.74) is 1.33. The van der Waals surface area contributed by atoms with E-state index in [4.69, 9.17) is 23.2 Å². The van der Waals surface area contributed by atoms with E-state index in [-0.39, 0.29) is 20.4 Å².